The molecule has 0 bridgehead atoms. The highest BCUT2D eigenvalue weighted by atomic mass is 32.1. The van der Waals surface area contributed by atoms with Crippen LogP contribution in [0.25, 0.3) is 16.3 Å². The maximum absolute atomic E-state index is 11.8. The second kappa shape index (κ2) is 5.84. The molecule has 1 aromatic carbocycles. The molecule has 1 amide bonds. The van der Waals surface area contributed by atoms with E-state index in [4.69, 9.17) is 0 Å². The minimum Gasteiger partial charge on any atom is -0.301 e. The van der Waals surface area contributed by atoms with Gasteiger partial charge in [0.25, 0.3) is 0 Å². The van der Waals surface area contributed by atoms with E-state index >= 15 is 0 Å². The van der Waals surface area contributed by atoms with Crippen molar-refractivity contribution in [2.24, 2.45) is 5.92 Å². The third-order valence-electron chi connectivity index (χ3n) is 3.11. The molecule has 0 radical (unpaired) electrons. The number of aromatic nitrogens is 4. The molecule has 22 heavy (non-hydrogen) atoms. The zero-order valence-electron chi connectivity index (χ0n) is 12.7. The Labute approximate surface area is 132 Å². The van der Waals surface area contributed by atoms with Crippen LogP contribution >= 0.6 is 11.3 Å². The second-order valence-corrected chi connectivity index (χ2v) is 6.60. The molecule has 6 nitrogen and oxygen atoms in total. The van der Waals surface area contributed by atoms with Gasteiger partial charge in [0.15, 0.2) is 5.82 Å². The Balaban J connectivity index is 1.90. The van der Waals surface area contributed by atoms with E-state index in [0.29, 0.717) is 28.3 Å². The van der Waals surface area contributed by atoms with Crippen LogP contribution in [0.1, 0.15) is 25.8 Å². The Bertz CT molecular complexity index is 820. The molecule has 2 heterocycles. The summed E-state index contributed by atoms with van der Waals surface area (Å²) in [4.78, 5) is 12.5. The molecule has 0 aliphatic rings. The Kier molecular flexibility index (Phi) is 3.89. The maximum Gasteiger partial charge on any atom is 0.236 e. The zero-order valence-corrected chi connectivity index (χ0v) is 13.5. The highest BCUT2D eigenvalue weighted by Crippen LogP contribution is 2.24. The summed E-state index contributed by atoms with van der Waals surface area (Å²) < 4.78 is 1.67. The predicted octanol–water partition coefficient (Wildman–Crippen LogP) is 3.15. The van der Waals surface area contributed by atoms with Gasteiger partial charge in [-0.3, -0.25) is 4.79 Å². The molecule has 3 aromatic rings. The summed E-state index contributed by atoms with van der Waals surface area (Å²) in [6.07, 6.45) is 0.477. The van der Waals surface area contributed by atoms with E-state index in [9.17, 15) is 4.79 Å². The highest BCUT2D eigenvalue weighted by molar-refractivity contribution is 7.20. The lowest BCUT2D eigenvalue weighted by atomic mass is 10.1. The lowest BCUT2D eigenvalue weighted by Crippen LogP contribution is -2.13. The van der Waals surface area contributed by atoms with Crippen LogP contribution in [-0.2, 0) is 4.79 Å². The van der Waals surface area contributed by atoms with Crippen molar-refractivity contribution in [1.82, 2.24) is 19.8 Å². The average molecular weight is 315 g/mol. The summed E-state index contributed by atoms with van der Waals surface area (Å²) in [6.45, 7) is 6.04. The predicted molar refractivity (Wildman–Crippen MR) is 86.9 cm³/mol. The van der Waals surface area contributed by atoms with Crippen LogP contribution in [0.5, 0.6) is 0 Å². The summed E-state index contributed by atoms with van der Waals surface area (Å²) >= 11 is 1.32. The number of hydrogen-bond acceptors (Lipinski definition) is 5. The van der Waals surface area contributed by atoms with Crippen LogP contribution in [0.3, 0.4) is 0 Å². The van der Waals surface area contributed by atoms with E-state index in [1.807, 2.05) is 45.0 Å². The van der Waals surface area contributed by atoms with Gasteiger partial charge in [0.1, 0.15) is 0 Å². The molecule has 0 saturated heterocycles. The zero-order chi connectivity index (χ0) is 15.7. The fourth-order valence-corrected chi connectivity index (χ4v) is 2.93. The van der Waals surface area contributed by atoms with Crippen LogP contribution in [-0.4, -0.2) is 25.7 Å². The van der Waals surface area contributed by atoms with Gasteiger partial charge in [0.05, 0.1) is 0 Å². The third kappa shape index (κ3) is 2.99. The van der Waals surface area contributed by atoms with E-state index in [2.05, 4.69) is 20.6 Å². The molecule has 2 aromatic heterocycles. The van der Waals surface area contributed by atoms with Crippen LogP contribution in [0.15, 0.2) is 24.3 Å². The molecule has 0 fully saturated rings. The molecule has 0 aliphatic carbocycles. The lowest BCUT2D eigenvalue weighted by molar-refractivity contribution is -0.116. The number of nitrogens with one attached hydrogen (secondary N) is 1. The molecule has 0 atom stereocenters. The number of rotatable bonds is 4. The standard InChI is InChI=1S/C15H17N5OS/c1-9(2)7-12(21)16-14-19-20-13(17-18-15(20)22-14)11-6-4-5-10(3)8-11/h4-6,8-9H,7H2,1-3H3,(H,16,19,21). The molecule has 114 valence electrons. The summed E-state index contributed by atoms with van der Waals surface area (Å²) in [7, 11) is 0. The van der Waals surface area contributed by atoms with Crippen molar-refractivity contribution in [3.63, 3.8) is 0 Å². The number of nitrogens with zero attached hydrogens (tertiary/aromatic N) is 4. The van der Waals surface area contributed by atoms with E-state index < -0.39 is 0 Å². The molecule has 1 N–H and O–H groups in total. The van der Waals surface area contributed by atoms with Crippen LogP contribution in [0.4, 0.5) is 5.13 Å². The molecule has 0 unspecified atom stereocenters. The average Bonchev–Trinajstić information content (AvgIpc) is 2.96. The lowest BCUT2D eigenvalue weighted by Gasteiger charge is -2.03. The minimum atomic E-state index is -0.0305. The number of hydrogen-bond donors (Lipinski definition) is 1. The number of fused-ring (bicyclic) bond motifs is 1. The highest BCUT2D eigenvalue weighted by Gasteiger charge is 2.15. The normalized spacial score (nSPS) is 11.3. The van der Waals surface area contributed by atoms with Crippen LogP contribution in [0, 0.1) is 12.8 Å². The smallest absolute Gasteiger partial charge is 0.236 e. The fourth-order valence-electron chi connectivity index (χ4n) is 2.17. The number of benzene rings is 1. The summed E-state index contributed by atoms with van der Waals surface area (Å²) in [5.74, 6) is 0.963. The quantitative estimate of drug-likeness (QED) is 0.803. The van der Waals surface area contributed by atoms with Gasteiger partial charge in [-0.15, -0.1) is 15.3 Å². The minimum absolute atomic E-state index is 0.0305. The van der Waals surface area contributed by atoms with Crippen LogP contribution in [0.2, 0.25) is 0 Å². The molecular formula is C15H17N5OS. The van der Waals surface area contributed by atoms with E-state index in [0.717, 1.165) is 11.1 Å². The number of carbonyl (C=O) groups is 1. The first kappa shape index (κ1) is 14.6. The van der Waals surface area contributed by atoms with Gasteiger partial charge in [-0.05, 0) is 18.9 Å². The van der Waals surface area contributed by atoms with Gasteiger partial charge >= 0.3 is 0 Å². The molecule has 3 rings (SSSR count). The van der Waals surface area contributed by atoms with Gasteiger partial charge in [-0.2, -0.15) is 4.52 Å². The van der Waals surface area contributed by atoms with Gasteiger partial charge in [0, 0.05) is 12.0 Å². The number of aryl methyl sites for hydroxylation is 1. The van der Waals surface area contributed by atoms with Crippen molar-refractivity contribution in [1.29, 1.82) is 0 Å². The van der Waals surface area contributed by atoms with Crippen molar-refractivity contribution < 1.29 is 4.79 Å². The van der Waals surface area contributed by atoms with Crippen molar-refractivity contribution in [2.45, 2.75) is 27.2 Å². The van der Waals surface area contributed by atoms with Gasteiger partial charge in [0.2, 0.25) is 16.0 Å². The third-order valence-corrected chi connectivity index (χ3v) is 3.92. The van der Waals surface area contributed by atoms with Crippen LogP contribution < -0.4 is 5.32 Å². The summed E-state index contributed by atoms with van der Waals surface area (Å²) in [6, 6.07) is 8.01. The first-order valence-corrected chi connectivity index (χ1v) is 7.93. The molecule has 0 saturated carbocycles. The number of carbonyl (C=O) groups excluding carboxylic acids is 1. The van der Waals surface area contributed by atoms with Gasteiger partial charge in [-0.1, -0.05) is 48.9 Å². The van der Waals surface area contributed by atoms with Gasteiger partial charge in [-0.25, -0.2) is 0 Å². The maximum atomic E-state index is 11.8. The summed E-state index contributed by atoms with van der Waals surface area (Å²) in [5, 5.41) is 16.1. The monoisotopic (exact) mass is 315 g/mol. The summed E-state index contributed by atoms with van der Waals surface area (Å²) in [5.41, 5.74) is 2.10. The van der Waals surface area contributed by atoms with E-state index in [1.165, 1.54) is 11.3 Å². The molecular weight excluding hydrogens is 298 g/mol. The Morgan fingerprint density at radius 1 is 1.36 bits per heavy atom. The van der Waals surface area contributed by atoms with Crippen molar-refractivity contribution in [2.75, 3.05) is 5.32 Å². The first-order valence-electron chi connectivity index (χ1n) is 7.12. The van der Waals surface area contributed by atoms with Crippen molar-refractivity contribution in [3.05, 3.63) is 29.8 Å². The second-order valence-electron chi connectivity index (χ2n) is 5.64. The first-order chi connectivity index (χ1) is 10.5. The van der Waals surface area contributed by atoms with E-state index in [-0.39, 0.29) is 5.91 Å². The molecule has 0 spiro atoms. The van der Waals surface area contributed by atoms with E-state index in [1.54, 1.807) is 4.52 Å². The SMILES string of the molecule is Cc1cccc(-c2nnc3sc(NC(=O)CC(C)C)nn23)c1. The topological polar surface area (TPSA) is 72.2 Å². The fraction of sp³-hybridized carbons (Fsp3) is 0.333. The molecule has 0 aliphatic heterocycles. The van der Waals surface area contributed by atoms with Gasteiger partial charge < -0.3 is 5.32 Å². The Hall–Kier alpha value is -2.28. The Morgan fingerprint density at radius 2 is 2.18 bits per heavy atom. The van der Waals surface area contributed by atoms with Crippen molar-refractivity contribution >= 4 is 27.3 Å². The van der Waals surface area contributed by atoms with Crippen molar-refractivity contribution in [3.8, 4) is 11.4 Å². The Morgan fingerprint density at radius 3 is 2.91 bits per heavy atom. The number of amides is 1. The molecule has 7 heteroatoms. The number of anilines is 1. The largest absolute Gasteiger partial charge is 0.301 e.